The number of phenolic OH excluding ortho intramolecular Hbond substituents is 1. The molecule has 0 aliphatic heterocycles. The summed E-state index contributed by atoms with van der Waals surface area (Å²) in [7, 11) is 1.57. The molecule has 3 N–H and O–H groups in total. The number of nitrogens with two attached hydrogens (primary N) is 1. The molecule has 100 valence electrons. The quantitative estimate of drug-likeness (QED) is 0.900. The van der Waals surface area contributed by atoms with E-state index in [-0.39, 0.29) is 11.2 Å². The fourth-order valence-electron chi connectivity index (χ4n) is 3.21. The average Bonchev–Trinajstić information content (AvgIpc) is 2.78. The van der Waals surface area contributed by atoms with Crippen LogP contribution in [0.2, 0.25) is 0 Å². The molecule has 0 unspecified atom stereocenters. The molecular weight excluding hydrogens is 294 g/mol. The van der Waals surface area contributed by atoms with E-state index in [1.807, 2.05) is 13.0 Å². The number of ether oxygens (including phenoxy) is 1. The van der Waals surface area contributed by atoms with E-state index in [1.54, 1.807) is 7.11 Å². The van der Waals surface area contributed by atoms with Crippen LogP contribution in [0.1, 0.15) is 36.8 Å². The van der Waals surface area contributed by atoms with Gasteiger partial charge >= 0.3 is 0 Å². The lowest BCUT2D eigenvalue weighted by Gasteiger charge is -2.31. The molecule has 0 aromatic heterocycles. The minimum Gasteiger partial charge on any atom is -0.504 e. The summed E-state index contributed by atoms with van der Waals surface area (Å²) in [6.45, 7) is 2.60. The summed E-state index contributed by atoms with van der Waals surface area (Å²) < 4.78 is 6.07. The minimum atomic E-state index is -0.0812. The van der Waals surface area contributed by atoms with Gasteiger partial charge in [-0.1, -0.05) is 12.8 Å². The van der Waals surface area contributed by atoms with Gasteiger partial charge in [0.1, 0.15) is 0 Å². The molecule has 1 aromatic carbocycles. The Balaban J connectivity index is 2.63. The van der Waals surface area contributed by atoms with Gasteiger partial charge in [0, 0.05) is 17.5 Å². The van der Waals surface area contributed by atoms with Crippen LogP contribution >= 0.6 is 15.9 Å². The highest BCUT2D eigenvalue weighted by molar-refractivity contribution is 9.10. The molecule has 2 rings (SSSR count). The summed E-state index contributed by atoms with van der Waals surface area (Å²) in [5.74, 6) is 0.757. The van der Waals surface area contributed by atoms with Gasteiger partial charge in [-0.05, 0) is 47.3 Å². The van der Waals surface area contributed by atoms with E-state index in [4.69, 9.17) is 10.5 Å². The van der Waals surface area contributed by atoms with E-state index in [9.17, 15) is 5.11 Å². The third-order valence-electron chi connectivity index (χ3n) is 4.09. The van der Waals surface area contributed by atoms with Crippen molar-refractivity contribution < 1.29 is 9.84 Å². The van der Waals surface area contributed by atoms with Gasteiger partial charge in [0.2, 0.25) is 0 Å². The molecular formula is C14H20BrNO2. The van der Waals surface area contributed by atoms with Crippen molar-refractivity contribution in [3.05, 3.63) is 21.7 Å². The van der Waals surface area contributed by atoms with Gasteiger partial charge < -0.3 is 15.6 Å². The number of benzene rings is 1. The number of hydrogen-bond donors (Lipinski definition) is 2. The number of methoxy groups -OCH3 is 1. The first kappa shape index (κ1) is 13.7. The van der Waals surface area contributed by atoms with Gasteiger partial charge in [0.15, 0.2) is 11.5 Å². The number of aryl methyl sites for hydroxylation is 1. The van der Waals surface area contributed by atoms with Gasteiger partial charge in [-0.3, -0.25) is 0 Å². The fourth-order valence-corrected chi connectivity index (χ4v) is 3.91. The van der Waals surface area contributed by atoms with Crippen molar-refractivity contribution >= 4 is 15.9 Å². The first-order valence-corrected chi connectivity index (χ1v) is 7.11. The molecule has 0 atom stereocenters. The first-order valence-electron chi connectivity index (χ1n) is 6.32. The largest absolute Gasteiger partial charge is 0.504 e. The maximum absolute atomic E-state index is 10.5. The van der Waals surface area contributed by atoms with Crippen molar-refractivity contribution in [3.63, 3.8) is 0 Å². The Labute approximate surface area is 116 Å². The Hall–Kier alpha value is -0.740. The molecule has 1 saturated carbocycles. The van der Waals surface area contributed by atoms with Gasteiger partial charge in [-0.2, -0.15) is 0 Å². The minimum absolute atomic E-state index is 0.0812. The zero-order valence-corrected chi connectivity index (χ0v) is 12.5. The third kappa shape index (κ3) is 2.01. The van der Waals surface area contributed by atoms with E-state index < -0.39 is 0 Å². The second-order valence-electron chi connectivity index (χ2n) is 5.12. The van der Waals surface area contributed by atoms with Gasteiger partial charge in [-0.15, -0.1) is 0 Å². The molecule has 1 aliphatic rings. The summed E-state index contributed by atoms with van der Waals surface area (Å²) in [6.07, 6.45) is 4.44. The number of hydrogen-bond acceptors (Lipinski definition) is 3. The van der Waals surface area contributed by atoms with Gasteiger partial charge in [-0.25, -0.2) is 0 Å². The Morgan fingerprint density at radius 1 is 1.44 bits per heavy atom. The smallest absolute Gasteiger partial charge is 0.174 e. The summed E-state index contributed by atoms with van der Waals surface area (Å²) in [4.78, 5) is 0. The number of rotatable bonds is 3. The van der Waals surface area contributed by atoms with Crippen molar-refractivity contribution in [3.8, 4) is 11.5 Å². The highest BCUT2D eigenvalue weighted by Gasteiger charge is 2.38. The van der Waals surface area contributed by atoms with Crippen LogP contribution in [0, 0.1) is 6.92 Å². The molecule has 3 nitrogen and oxygen atoms in total. The van der Waals surface area contributed by atoms with E-state index in [0.717, 1.165) is 28.4 Å². The highest BCUT2D eigenvalue weighted by atomic mass is 79.9. The van der Waals surface area contributed by atoms with Crippen LogP contribution in [0.25, 0.3) is 0 Å². The average molecular weight is 314 g/mol. The summed E-state index contributed by atoms with van der Waals surface area (Å²) in [5, 5.41) is 10.5. The lowest BCUT2D eigenvalue weighted by molar-refractivity contribution is 0.351. The Morgan fingerprint density at radius 3 is 2.56 bits per heavy atom. The van der Waals surface area contributed by atoms with Crippen LogP contribution in [-0.4, -0.2) is 18.8 Å². The first-order chi connectivity index (χ1) is 8.55. The zero-order valence-electron chi connectivity index (χ0n) is 10.9. The molecule has 18 heavy (non-hydrogen) atoms. The van der Waals surface area contributed by atoms with Crippen molar-refractivity contribution in [2.24, 2.45) is 5.73 Å². The molecule has 0 saturated heterocycles. The summed E-state index contributed by atoms with van der Waals surface area (Å²) >= 11 is 3.42. The van der Waals surface area contributed by atoms with Gasteiger partial charge in [0.05, 0.1) is 11.6 Å². The second kappa shape index (κ2) is 5.10. The molecule has 1 aliphatic carbocycles. The molecule has 0 spiro atoms. The van der Waals surface area contributed by atoms with E-state index >= 15 is 0 Å². The molecule has 0 heterocycles. The maximum atomic E-state index is 10.5. The van der Waals surface area contributed by atoms with Crippen LogP contribution in [0.4, 0.5) is 0 Å². The highest BCUT2D eigenvalue weighted by Crippen LogP contribution is 2.50. The van der Waals surface area contributed by atoms with Crippen molar-refractivity contribution in [1.82, 2.24) is 0 Å². The van der Waals surface area contributed by atoms with E-state index in [0.29, 0.717) is 12.3 Å². The number of aromatic hydroxyl groups is 1. The standard InChI is InChI=1S/C14H20BrNO2/c1-9-7-10(15)13(18-2)12(17)11(9)14(8-16)5-3-4-6-14/h7,17H,3-6,8,16H2,1-2H3. The monoisotopic (exact) mass is 313 g/mol. The van der Waals surface area contributed by atoms with Gasteiger partial charge in [0.25, 0.3) is 0 Å². The summed E-state index contributed by atoms with van der Waals surface area (Å²) in [5.41, 5.74) is 7.97. The zero-order chi connectivity index (χ0) is 13.3. The topological polar surface area (TPSA) is 55.5 Å². The van der Waals surface area contributed by atoms with Crippen molar-refractivity contribution in [1.29, 1.82) is 0 Å². The van der Waals surface area contributed by atoms with Crippen LogP contribution in [0.5, 0.6) is 11.5 Å². The Morgan fingerprint density at radius 2 is 2.06 bits per heavy atom. The summed E-state index contributed by atoms with van der Waals surface area (Å²) in [6, 6.07) is 2.00. The number of phenols is 1. The SMILES string of the molecule is COc1c(Br)cc(C)c(C2(CN)CCCC2)c1O. The fraction of sp³-hybridized carbons (Fsp3) is 0.571. The van der Waals surface area contributed by atoms with Crippen LogP contribution in [0.3, 0.4) is 0 Å². The van der Waals surface area contributed by atoms with E-state index in [2.05, 4.69) is 15.9 Å². The molecule has 1 fully saturated rings. The Kier molecular flexibility index (Phi) is 3.87. The lowest BCUT2D eigenvalue weighted by Crippen LogP contribution is -2.33. The van der Waals surface area contributed by atoms with E-state index in [1.165, 1.54) is 12.8 Å². The maximum Gasteiger partial charge on any atom is 0.174 e. The predicted molar refractivity (Wildman–Crippen MR) is 76.3 cm³/mol. The molecule has 1 aromatic rings. The second-order valence-corrected chi connectivity index (χ2v) is 5.98. The Bertz CT molecular complexity index is 454. The normalized spacial score (nSPS) is 18.0. The third-order valence-corrected chi connectivity index (χ3v) is 4.68. The molecule has 0 bridgehead atoms. The van der Waals surface area contributed by atoms with Crippen LogP contribution in [-0.2, 0) is 5.41 Å². The molecule has 0 amide bonds. The molecule has 4 heteroatoms. The lowest BCUT2D eigenvalue weighted by atomic mass is 9.76. The van der Waals surface area contributed by atoms with Crippen molar-refractivity contribution in [2.45, 2.75) is 38.0 Å². The molecule has 0 radical (unpaired) electrons. The van der Waals surface area contributed by atoms with Crippen LogP contribution < -0.4 is 10.5 Å². The van der Waals surface area contributed by atoms with Crippen molar-refractivity contribution in [2.75, 3.05) is 13.7 Å². The van der Waals surface area contributed by atoms with Crippen LogP contribution in [0.15, 0.2) is 10.5 Å². The predicted octanol–water partition coefficient (Wildman–Crippen LogP) is 3.24. The number of halogens is 1.